The van der Waals surface area contributed by atoms with E-state index in [1.54, 1.807) is 17.8 Å². The summed E-state index contributed by atoms with van der Waals surface area (Å²) in [6.07, 6.45) is 1.51. The van der Waals surface area contributed by atoms with E-state index in [0.717, 1.165) is 4.90 Å². The lowest BCUT2D eigenvalue weighted by atomic mass is 10.3. The van der Waals surface area contributed by atoms with Crippen molar-refractivity contribution in [2.45, 2.75) is 24.0 Å². The Morgan fingerprint density at radius 1 is 1.62 bits per heavy atom. The van der Waals surface area contributed by atoms with Crippen LogP contribution in [-0.2, 0) is 0 Å². The van der Waals surface area contributed by atoms with Crippen molar-refractivity contribution < 1.29 is 0 Å². The third-order valence-corrected chi connectivity index (χ3v) is 2.43. The van der Waals surface area contributed by atoms with Gasteiger partial charge in [-0.05, 0) is 6.07 Å². The number of hydrogen-bond acceptors (Lipinski definition) is 4. The average Bonchev–Trinajstić information content (AvgIpc) is 2.03. The van der Waals surface area contributed by atoms with Crippen LogP contribution in [0.15, 0.2) is 17.2 Å². The summed E-state index contributed by atoms with van der Waals surface area (Å²) in [6.45, 7) is 4.14. The summed E-state index contributed by atoms with van der Waals surface area (Å²) < 4.78 is 0. The molecular weight excluding hydrogens is 182 g/mol. The van der Waals surface area contributed by atoms with Gasteiger partial charge in [0.25, 0.3) is 0 Å². The second-order valence-corrected chi connectivity index (χ2v) is 4.50. The normalized spacial score (nSPS) is 10.0. The Labute approximate surface area is 82.0 Å². The first-order valence-corrected chi connectivity index (χ1v) is 4.83. The molecule has 0 radical (unpaired) electrons. The Bertz CT molecular complexity index is 341. The third kappa shape index (κ3) is 2.63. The van der Waals surface area contributed by atoms with E-state index in [9.17, 15) is 0 Å². The summed E-state index contributed by atoms with van der Waals surface area (Å²) in [5.74, 6) is 0.460. The molecule has 0 saturated heterocycles. The van der Waals surface area contributed by atoms with Crippen molar-refractivity contribution in [2.75, 3.05) is 5.73 Å². The highest BCUT2D eigenvalue weighted by Gasteiger charge is 2.05. The fraction of sp³-hybridized carbons (Fsp3) is 0.333. The number of nitrogens with zero attached hydrogens (tertiary/aromatic N) is 2. The molecule has 13 heavy (non-hydrogen) atoms. The Morgan fingerprint density at radius 2 is 2.31 bits per heavy atom. The highest BCUT2D eigenvalue weighted by atomic mass is 32.2. The van der Waals surface area contributed by atoms with Crippen molar-refractivity contribution >= 4 is 17.6 Å². The van der Waals surface area contributed by atoms with Gasteiger partial charge in [-0.3, -0.25) is 0 Å². The van der Waals surface area contributed by atoms with E-state index in [4.69, 9.17) is 11.0 Å². The van der Waals surface area contributed by atoms with Gasteiger partial charge < -0.3 is 5.73 Å². The number of hydrogen-bond donors (Lipinski definition) is 1. The predicted molar refractivity (Wildman–Crippen MR) is 54.4 cm³/mol. The summed E-state index contributed by atoms with van der Waals surface area (Å²) in [4.78, 5) is 4.77. The summed E-state index contributed by atoms with van der Waals surface area (Å²) in [6, 6.07) is 3.83. The van der Waals surface area contributed by atoms with Gasteiger partial charge in [-0.1, -0.05) is 13.8 Å². The van der Waals surface area contributed by atoms with Crippen molar-refractivity contribution in [1.29, 1.82) is 5.26 Å². The smallest absolute Gasteiger partial charge is 0.124 e. The topological polar surface area (TPSA) is 62.7 Å². The largest absolute Gasteiger partial charge is 0.384 e. The maximum Gasteiger partial charge on any atom is 0.124 e. The summed E-state index contributed by atoms with van der Waals surface area (Å²) in [7, 11) is 0. The Morgan fingerprint density at radius 3 is 2.85 bits per heavy atom. The predicted octanol–water partition coefficient (Wildman–Crippen LogP) is 2.04. The zero-order chi connectivity index (χ0) is 9.84. The molecule has 0 aromatic carbocycles. The number of nitrogen functional groups attached to an aromatic ring is 1. The van der Waals surface area contributed by atoms with Crippen LogP contribution >= 0.6 is 11.8 Å². The zero-order valence-electron chi connectivity index (χ0n) is 7.61. The van der Waals surface area contributed by atoms with Crippen LogP contribution in [0.3, 0.4) is 0 Å². The van der Waals surface area contributed by atoms with E-state index in [1.165, 1.54) is 6.20 Å². The molecule has 3 nitrogen and oxygen atoms in total. The number of nitriles is 1. The molecule has 0 aliphatic carbocycles. The molecule has 0 unspecified atom stereocenters. The minimum absolute atomic E-state index is 0.439. The van der Waals surface area contributed by atoms with Crippen molar-refractivity contribution in [3.63, 3.8) is 0 Å². The lowest BCUT2D eigenvalue weighted by Gasteiger charge is -2.06. The van der Waals surface area contributed by atoms with E-state index in [2.05, 4.69) is 24.9 Å². The van der Waals surface area contributed by atoms with Gasteiger partial charge in [-0.2, -0.15) is 5.26 Å². The molecule has 1 aromatic heterocycles. The minimum Gasteiger partial charge on any atom is -0.384 e. The lowest BCUT2D eigenvalue weighted by molar-refractivity contribution is 1.10. The van der Waals surface area contributed by atoms with Crippen LogP contribution in [-0.4, -0.2) is 10.2 Å². The molecule has 0 aliphatic rings. The van der Waals surface area contributed by atoms with Crippen molar-refractivity contribution in [1.82, 2.24) is 4.98 Å². The zero-order valence-corrected chi connectivity index (χ0v) is 8.43. The second kappa shape index (κ2) is 4.15. The molecule has 0 spiro atoms. The number of anilines is 1. The van der Waals surface area contributed by atoms with Gasteiger partial charge >= 0.3 is 0 Å². The monoisotopic (exact) mass is 193 g/mol. The maximum absolute atomic E-state index is 8.78. The van der Waals surface area contributed by atoms with E-state index >= 15 is 0 Å². The van der Waals surface area contributed by atoms with Crippen molar-refractivity contribution in [3.8, 4) is 6.07 Å². The van der Waals surface area contributed by atoms with Crippen LogP contribution < -0.4 is 5.73 Å². The van der Waals surface area contributed by atoms with Crippen LogP contribution in [0.5, 0.6) is 0 Å². The molecule has 0 saturated carbocycles. The van der Waals surface area contributed by atoms with E-state index < -0.39 is 0 Å². The molecule has 68 valence electrons. The van der Waals surface area contributed by atoms with Gasteiger partial charge in [0.1, 0.15) is 11.9 Å². The Kier molecular flexibility index (Phi) is 3.15. The molecule has 1 heterocycles. The standard InChI is InChI=1S/C9H11N3S/c1-6(2)13-8-3-9(11)12-5-7(8)4-10/h3,5-6H,1-2H3,(H2,11,12). The van der Waals surface area contributed by atoms with Crippen LogP contribution in [0.4, 0.5) is 5.82 Å². The van der Waals surface area contributed by atoms with Gasteiger partial charge in [0.2, 0.25) is 0 Å². The number of pyridine rings is 1. The van der Waals surface area contributed by atoms with Crippen LogP contribution in [0.2, 0.25) is 0 Å². The summed E-state index contributed by atoms with van der Waals surface area (Å²) in [5, 5.41) is 9.22. The fourth-order valence-electron chi connectivity index (χ4n) is 0.887. The first-order chi connectivity index (χ1) is 6.13. The second-order valence-electron chi connectivity index (χ2n) is 2.88. The molecule has 0 atom stereocenters. The number of thioether (sulfide) groups is 1. The average molecular weight is 193 g/mol. The minimum atomic E-state index is 0.439. The Hall–Kier alpha value is -1.21. The number of nitrogens with two attached hydrogens (primary N) is 1. The van der Waals surface area contributed by atoms with Gasteiger partial charge in [-0.15, -0.1) is 11.8 Å². The Balaban J connectivity index is 3.03. The third-order valence-electron chi connectivity index (χ3n) is 1.37. The van der Waals surface area contributed by atoms with Crippen LogP contribution in [0.25, 0.3) is 0 Å². The molecule has 0 fully saturated rings. The van der Waals surface area contributed by atoms with Gasteiger partial charge in [-0.25, -0.2) is 4.98 Å². The first kappa shape index (κ1) is 9.87. The van der Waals surface area contributed by atoms with Gasteiger partial charge in [0.05, 0.1) is 5.56 Å². The molecule has 4 heteroatoms. The van der Waals surface area contributed by atoms with Crippen molar-refractivity contribution in [2.24, 2.45) is 0 Å². The van der Waals surface area contributed by atoms with Crippen LogP contribution in [0, 0.1) is 11.3 Å². The summed E-state index contributed by atoms with van der Waals surface area (Å²) >= 11 is 1.62. The highest BCUT2D eigenvalue weighted by molar-refractivity contribution is 8.00. The molecule has 2 N–H and O–H groups in total. The van der Waals surface area contributed by atoms with Crippen molar-refractivity contribution in [3.05, 3.63) is 17.8 Å². The molecule has 0 aliphatic heterocycles. The van der Waals surface area contributed by atoms with E-state index in [-0.39, 0.29) is 0 Å². The molecule has 0 amide bonds. The van der Waals surface area contributed by atoms with Crippen LogP contribution in [0.1, 0.15) is 19.4 Å². The lowest BCUT2D eigenvalue weighted by Crippen LogP contribution is -1.94. The molecule has 0 bridgehead atoms. The number of rotatable bonds is 2. The molecular formula is C9H11N3S. The van der Waals surface area contributed by atoms with E-state index in [0.29, 0.717) is 16.6 Å². The van der Waals surface area contributed by atoms with Gasteiger partial charge in [0, 0.05) is 16.3 Å². The summed E-state index contributed by atoms with van der Waals surface area (Å²) in [5.41, 5.74) is 6.11. The van der Waals surface area contributed by atoms with Gasteiger partial charge in [0.15, 0.2) is 0 Å². The highest BCUT2D eigenvalue weighted by Crippen LogP contribution is 2.26. The maximum atomic E-state index is 8.78. The quantitative estimate of drug-likeness (QED) is 0.730. The SMILES string of the molecule is CC(C)Sc1cc(N)ncc1C#N. The number of aromatic nitrogens is 1. The van der Waals surface area contributed by atoms with E-state index in [1.807, 2.05) is 0 Å². The first-order valence-electron chi connectivity index (χ1n) is 3.95. The fourth-order valence-corrected chi connectivity index (χ4v) is 1.81. The molecule has 1 rings (SSSR count). The molecule has 1 aromatic rings.